The topological polar surface area (TPSA) is 114 Å². The lowest BCUT2D eigenvalue weighted by Gasteiger charge is -2.49. The van der Waals surface area contributed by atoms with Gasteiger partial charge in [-0.1, -0.05) is 0 Å². The van der Waals surface area contributed by atoms with Gasteiger partial charge in [0.1, 0.15) is 0 Å². The zero-order valence-corrected chi connectivity index (χ0v) is 19.7. The van der Waals surface area contributed by atoms with Gasteiger partial charge in [0, 0.05) is 50.8 Å². The highest BCUT2D eigenvalue weighted by atomic mass is 32.2. The molecule has 3 heterocycles. The van der Waals surface area contributed by atoms with Gasteiger partial charge < -0.3 is 14.7 Å². The highest BCUT2D eigenvalue weighted by Crippen LogP contribution is 2.41. The summed E-state index contributed by atoms with van der Waals surface area (Å²) in [5, 5.41) is 18.6. The number of carbonyl (C=O) groups is 1. The van der Waals surface area contributed by atoms with Crippen molar-refractivity contribution in [1.82, 2.24) is 14.7 Å². The predicted octanol–water partition coefficient (Wildman–Crippen LogP) is 1.64. The van der Waals surface area contributed by atoms with E-state index in [2.05, 4.69) is 9.80 Å². The van der Waals surface area contributed by atoms with Gasteiger partial charge >= 0.3 is 6.09 Å². The summed E-state index contributed by atoms with van der Waals surface area (Å²) >= 11 is 0. The number of nitriles is 1. The Morgan fingerprint density at radius 3 is 2.61 bits per heavy atom. The summed E-state index contributed by atoms with van der Waals surface area (Å²) in [6.07, 6.45) is 2.37. The molecular weight excluding hydrogens is 444 g/mol. The molecule has 0 spiro atoms. The second kappa shape index (κ2) is 9.97. The molecule has 1 aromatic carbocycles. The molecule has 0 aliphatic carbocycles. The molecule has 0 aromatic heterocycles. The zero-order chi connectivity index (χ0) is 23.5. The Morgan fingerprint density at radius 1 is 1.21 bits per heavy atom. The largest absolute Gasteiger partial charge is 0.465 e. The molecule has 3 fully saturated rings. The van der Waals surface area contributed by atoms with Gasteiger partial charge in [0.15, 0.2) is 9.84 Å². The lowest BCUT2D eigenvalue weighted by molar-refractivity contribution is -0.0137. The Kier molecular flexibility index (Phi) is 7.24. The van der Waals surface area contributed by atoms with Crippen LogP contribution in [0.3, 0.4) is 0 Å². The van der Waals surface area contributed by atoms with Gasteiger partial charge in [0.05, 0.1) is 35.5 Å². The van der Waals surface area contributed by atoms with E-state index in [4.69, 9.17) is 10.00 Å². The molecule has 3 aliphatic rings. The molecular formula is C23H32N4O5S. The van der Waals surface area contributed by atoms with Gasteiger partial charge in [-0.3, -0.25) is 9.80 Å². The van der Waals surface area contributed by atoms with E-state index in [1.165, 1.54) is 24.3 Å². The summed E-state index contributed by atoms with van der Waals surface area (Å²) in [5.41, 5.74) is 0.196. The van der Waals surface area contributed by atoms with Crippen molar-refractivity contribution in [2.24, 2.45) is 0 Å². The van der Waals surface area contributed by atoms with Crippen molar-refractivity contribution in [2.45, 2.75) is 42.2 Å². The first kappa shape index (κ1) is 24.0. The van der Waals surface area contributed by atoms with Crippen LogP contribution in [0, 0.1) is 11.3 Å². The van der Waals surface area contributed by atoms with E-state index in [9.17, 15) is 18.3 Å². The normalized spacial score (nSPS) is 26.3. The van der Waals surface area contributed by atoms with Crippen molar-refractivity contribution in [3.8, 4) is 6.07 Å². The monoisotopic (exact) mass is 476 g/mol. The van der Waals surface area contributed by atoms with Crippen molar-refractivity contribution in [3.63, 3.8) is 0 Å². The number of piperazine rings is 1. The van der Waals surface area contributed by atoms with E-state index in [-0.39, 0.29) is 22.2 Å². The van der Waals surface area contributed by atoms with Crippen LogP contribution in [-0.2, 0) is 14.6 Å². The number of sulfone groups is 1. The molecule has 1 amide bonds. The third kappa shape index (κ3) is 5.32. The number of ether oxygens (including phenoxy) is 1. The SMILES string of the molecule is N#Cc1ccc(S(=O)(=O)CCCN2C3CCC2(CCN2CCOCC2)CN(C(=O)O)C3)cc1. The van der Waals surface area contributed by atoms with Gasteiger partial charge in [-0.15, -0.1) is 0 Å². The van der Waals surface area contributed by atoms with Gasteiger partial charge in [-0.05, 0) is 49.9 Å². The lowest BCUT2D eigenvalue weighted by atomic mass is 9.90. The van der Waals surface area contributed by atoms with Crippen LogP contribution in [0.5, 0.6) is 0 Å². The Bertz CT molecular complexity index is 987. The summed E-state index contributed by atoms with van der Waals surface area (Å²) in [6, 6.07) is 8.18. The molecule has 2 atom stereocenters. The number of amides is 1. The van der Waals surface area contributed by atoms with Crippen molar-refractivity contribution in [3.05, 3.63) is 29.8 Å². The smallest absolute Gasteiger partial charge is 0.407 e. The van der Waals surface area contributed by atoms with E-state index in [0.717, 1.165) is 52.1 Å². The Hall–Kier alpha value is -2.19. The average molecular weight is 477 g/mol. The van der Waals surface area contributed by atoms with Gasteiger partial charge in [0.25, 0.3) is 0 Å². The van der Waals surface area contributed by atoms with E-state index < -0.39 is 15.9 Å². The number of rotatable bonds is 8. The van der Waals surface area contributed by atoms with Crippen LogP contribution in [0.2, 0.25) is 0 Å². The Balaban J connectivity index is 1.42. The number of morpholine rings is 1. The summed E-state index contributed by atoms with van der Waals surface area (Å²) in [5.74, 6) is 0.0321. The van der Waals surface area contributed by atoms with E-state index in [1.807, 2.05) is 6.07 Å². The number of nitrogens with zero attached hydrogens (tertiary/aromatic N) is 4. The molecule has 3 aliphatic heterocycles. The number of hydrogen-bond donors (Lipinski definition) is 1. The van der Waals surface area contributed by atoms with Gasteiger partial charge in [-0.2, -0.15) is 5.26 Å². The Morgan fingerprint density at radius 2 is 1.94 bits per heavy atom. The molecule has 3 saturated heterocycles. The summed E-state index contributed by atoms with van der Waals surface area (Å²) in [4.78, 5) is 18.3. The van der Waals surface area contributed by atoms with Crippen LogP contribution < -0.4 is 0 Å². The maximum atomic E-state index is 12.8. The third-order valence-corrected chi connectivity index (χ3v) is 9.15. The minimum Gasteiger partial charge on any atom is -0.465 e. The second-order valence-electron chi connectivity index (χ2n) is 9.29. The van der Waals surface area contributed by atoms with Crippen LogP contribution in [0.1, 0.15) is 31.2 Å². The maximum Gasteiger partial charge on any atom is 0.407 e. The van der Waals surface area contributed by atoms with Crippen LogP contribution in [0.15, 0.2) is 29.2 Å². The number of hydrogen-bond acceptors (Lipinski definition) is 7. The summed E-state index contributed by atoms with van der Waals surface area (Å²) in [6.45, 7) is 5.74. The van der Waals surface area contributed by atoms with Crippen LogP contribution in [0.25, 0.3) is 0 Å². The lowest BCUT2D eigenvalue weighted by Crippen LogP contribution is -2.63. The molecule has 0 saturated carbocycles. The molecule has 4 rings (SSSR count). The average Bonchev–Trinajstić information content (AvgIpc) is 3.02. The molecule has 10 heteroatoms. The fourth-order valence-corrected chi connectivity index (χ4v) is 6.84. The molecule has 33 heavy (non-hydrogen) atoms. The number of carboxylic acid groups (broad SMARTS) is 1. The van der Waals surface area contributed by atoms with Gasteiger partial charge in [0.2, 0.25) is 0 Å². The first-order chi connectivity index (χ1) is 15.8. The third-order valence-electron chi connectivity index (χ3n) is 7.33. The molecule has 1 aromatic rings. The highest BCUT2D eigenvalue weighted by Gasteiger charge is 2.51. The quantitative estimate of drug-likeness (QED) is 0.602. The predicted molar refractivity (Wildman–Crippen MR) is 122 cm³/mol. The van der Waals surface area contributed by atoms with E-state index in [1.54, 1.807) is 4.90 Å². The molecule has 0 radical (unpaired) electrons. The van der Waals surface area contributed by atoms with Crippen molar-refractivity contribution in [1.29, 1.82) is 5.26 Å². The van der Waals surface area contributed by atoms with Crippen LogP contribution in [0.4, 0.5) is 4.79 Å². The van der Waals surface area contributed by atoms with Gasteiger partial charge in [-0.25, -0.2) is 13.2 Å². The molecule has 1 N–H and O–H groups in total. The minimum atomic E-state index is -3.44. The Labute approximate surface area is 195 Å². The number of fused-ring (bicyclic) bond motifs is 2. The van der Waals surface area contributed by atoms with Crippen molar-refractivity contribution in [2.75, 3.05) is 58.2 Å². The fraction of sp³-hybridized carbons (Fsp3) is 0.652. The molecule has 2 bridgehead atoms. The summed E-state index contributed by atoms with van der Waals surface area (Å²) < 4.78 is 31.0. The zero-order valence-electron chi connectivity index (χ0n) is 18.9. The minimum absolute atomic E-state index is 0.0321. The van der Waals surface area contributed by atoms with E-state index >= 15 is 0 Å². The summed E-state index contributed by atoms with van der Waals surface area (Å²) in [7, 11) is -3.44. The second-order valence-corrected chi connectivity index (χ2v) is 11.4. The first-order valence-electron chi connectivity index (χ1n) is 11.6. The standard InChI is InChI=1S/C23H32N4O5S/c24-16-19-2-4-21(5-3-19)33(30,31)15-1-9-27-20-6-7-23(27,18-26(17-20)22(28)29)8-10-25-11-13-32-14-12-25/h2-5,20H,1,6-15,17-18H2,(H,28,29). The molecule has 2 unspecified atom stereocenters. The van der Waals surface area contributed by atoms with E-state index in [0.29, 0.717) is 31.6 Å². The molecule has 9 nitrogen and oxygen atoms in total. The fourth-order valence-electron chi connectivity index (χ4n) is 5.54. The highest BCUT2D eigenvalue weighted by molar-refractivity contribution is 7.91. The number of likely N-dealkylation sites (tertiary alicyclic amines) is 1. The van der Waals surface area contributed by atoms with Crippen LogP contribution in [-0.4, -0.2) is 104 Å². The maximum absolute atomic E-state index is 12.8. The number of benzene rings is 1. The van der Waals surface area contributed by atoms with Crippen molar-refractivity contribution >= 4 is 15.9 Å². The van der Waals surface area contributed by atoms with Crippen molar-refractivity contribution < 1.29 is 23.1 Å². The molecule has 180 valence electrons. The first-order valence-corrected chi connectivity index (χ1v) is 13.3. The van der Waals surface area contributed by atoms with Crippen LogP contribution >= 0.6 is 0 Å².